The summed E-state index contributed by atoms with van der Waals surface area (Å²) < 4.78 is 53.8. The lowest BCUT2D eigenvalue weighted by atomic mass is 9.85. The highest BCUT2D eigenvalue weighted by Gasteiger charge is 2.32. The van der Waals surface area contributed by atoms with Gasteiger partial charge in [0.25, 0.3) is 0 Å². The van der Waals surface area contributed by atoms with Gasteiger partial charge in [0.1, 0.15) is 16.8 Å². The lowest BCUT2D eigenvalue weighted by Crippen LogP contribution is -2.21. The molecular weight excluding hydrogens is 329 g/mol. The molecule has 1 aliphatic rings. The largest absolute Gasteiger partial charge is 0.426 e. The SMILES string of the molecule is O=C1C[C@H](c2cc(F)c(F)c(F)c2)c2c(ccc3nsnc23)O1. The molecule has 0 fully saturated rings. The van der Waals surface area contributed by atoms with Crippen molar-refractivity contribution in [3.05, 3.63) is 52.8 Å². The van der Waals surface area contributed by atoms with Gasteiger partial charge in [-0.15, -0.1) is 0 Å². The van der Waals surface area contributed by atoms with Crippen LogP contribution in [0.15, 0.2) is 24.3 Å². The summed E-state index contributed by atoms with van der Waals surface area (Å²) in [6, 6.07) is 5.01. The van der Waals surface area contributed by atoms with Gasteiger partial charge in [0.15, 0.2) is 17.5 Å². The number of fused-ring (bicyclic) bond motifs is 3. The maximum atomic E-state index is 13.6. The molecule has 0 amide bonds. The molecule has 0 saturated carbocycles. The third kappa shape index (κ3) is 2.17. The minimum Gasteiger partial charge on any atom is -0.426 e. The highest BCUT2D eigenvalue weighted by atomic mass is 32.1. The molecule has 0 bridgehead atoms. The van der Waals surface area contributed by atoms with Gasteiger partial charge in [0.2, 0.25) is 0 Å². The van der Waals surface area contributed by atoms with Crippen LogP contribution in [-0.2, 0) is 4.79 Å². The average Bonchev–Trinajstić information content (AvgIpc) is 2.99. The van der Waals surface area contributed by atoms with Crippen molar-refractivity contribution in [2.75, 3.05) is 0 Å². The Morgan fingerprint density at radius 3 is 2.61 bits per heavy atom. The summed E-state index contributed by atoms with van der Waals surface area (Å²) in [7, 11) is 0. The first-order valence-electron chi connectivity index (χ1n) is 6.65. The molecule has 0 unspecified atom stereocenters. The van der Waals surface area contributed by atoms with Crippen LogP contribution in [0.1, 0.15) is 23.5 Å². The van der Waals surface area contributed by atoms with E-state index in [0.717, 1.165) is 23.9 Å². The van der Waals surface area contributed by atoms with E-state index in [1.165, 1.54) is 0 Å². The number of esters is 1. The van der Waals surface area contributed by atoms with Crippen molar-refractivity contribution in [3.63, 3.8) is 0 Å². The van der Waals surface area contributed by atoms with Gasteiger partial charge in [0, 0.05) is 11.5 Å². The van der Waals surface area contributed by atoms with E-state index in [0.29, 0.717) is 16.6 Å². The standard InChI is InChI=1S/C15H7F3N2O2S/c16-8-3-6(4-9(17)14(8)18)7-5-12(21)22-11-2-1-10-15(13(7)11)20-23-19-10/h1-4,7H,5H2/t7-/m1/s1. The van der Waals surface area contributed by atoms with Gasteiger partial charge in [-0.3, -0.25) is 4.79 Å². The maximum absolute atomic E-state index is 13.6. The van der Waals surface area contributed by atoms with Gasteiger partial charge >= 0.3 is 5.97 Å². The van der Waals surface area contributed by atoms with Crippen molar-refractivity contribution in [1.82, 2.24) is 8.75 Å². The summed E-state index contributed by atoms with van der Waals surface area (Å²) in [6.45, 7) is 0. The first-order chi connectivity index (χ1) is 11.0. The van der Waals surface area contributed by atoms with E-state index >= 15 is 0 Å². The molecule has 0 aliphatic carbocycles. The fourth-order valence-corrected chi connectivity index (χ4v) is 3.32. The van der Waals surface area contributed by atoms with Gasteiger partial charge < -0.3 is 4.74 Å². The second-order valence-corrected chi connectivity index (χ2v) is 5.67. The molecule has 116 valence electrons. The fourth-order valence-electron chi connectivity index (χ4n) is 2.77. The van der Waals surface area contributed by atoms with Gasteiger partial charge in [0.05, 0.1) is 18.1 Å². The van der Waals surface area contributed by atoms with Gasteiger partial charge in [-0.25, -0.2) is 13.2 Å². The van der Waals surface area contributed by atoms with E-state index in [1.807, 2.05) is 0 Å². The zero-order valence-electron chi connectivity index (χ0n) is 11.3. The molecule has 1 aliphatic heterocycles. The maximum Gasteiger partial charge on any atom is 0.312 e. The Morgan fingerprint density at radius 2 is 1.87 bits per heavy atom. The second kappa shape index (κ2) is 5.02. The van der Waals surface area contributed by atoms with Crippen molar-refractivity contribution in [3.8, 4) is 5.75 Å². The molecule has 8 heteroatoms. The highest BCUT2D eigenvalue weighted by Crippen LogP contribution is 2.42. The predicted octanol–water partition coefficient (Wildman–Crippen LogP) is 3.55. The Hall–Kier alpha value is -2.48. The first-order valence-corrected chi connectivity index (χ1v) is 7.38. The van der Waals surface area contributed by atoms with E-state index in [9.17, 15) is 18.0 Å². The van der Waals surface area contributed by atoms with Crippen molar-refractivity contribution in [1.29, 1.82) is 0 Å². The number of nitrogens with zero attached hydrogens (tertiary/aromatic N) is 2. The van der Waals surface area contributed by atoms with Crippen LogP contribution < -0.4 is 4.74 Å². The van der Waals surface area contributed by atoms with E-state index in [2.05, 4.69) is 8.75 Å². The average molecular weight is 336 g/mol. The number of benzene rings is 2. The topological polar surface area (TPSA) is 52.1 Å². The number of carbonyl (C=O) groups excluding carboxylic acids is 1. The van der Waals surface area contributed by atoms with E-state index < -0.39 is 29.3 Å². The van der Waals surface area contributed by atoms with Gasteiger partial charge in [-0.05, 0) is 29.8 Å². The molecule has 2 heterocycles. The minimum atomic E-state index is -1.54. The Bertz CT molecular complexity index is 934. The van der Waals surface area contributed by atoms with Crippen LogP contribution in [0.25, 0.3) is 11.0 Å². The zero-order valence-corrected chi connectivity index (χ0v) is 12.2. The van der Waals surface area contributed by atoms with Gasteiger partial charge in [-0.2, -0.15) is 8.75 Å². The highest BCUT2D eigenvalue weighted by molar-refractivity contribution is 7.00. The number of aromatic nitrogens is 2. The Morgan fingerprint density at radius 1 is 1.13 bits per heavy atom. The Balaban J connectivity index is 1.97. The molecule has 1 atom stereocenters. The smallest absolute Gasteiger partial charge is 0.312 e. The molecular formula is C15H7F3N2O2S. The monoisotopic (exact) mass is 336 g/mol. The lowest BCUT2D eigenvalue weighted by Gasteiger charge is -2.25. The van der Waals surface area contributed by atoms with Crippen molar-refractivity contribution >= 4 is 28.7 Å². The lowest BCUT2D eigenvalue weighted by molar-refractivity contribution is -0.135. The summed E-state index contributed by atoms with van der Waals surface area (Å²) in [5.41, 5.74) is 1.79. The number of hydrogen-bond acceptors (Lipinski definition) is 5. The Kier molecular flexibility index (Phi) is 3.08. The summed E-state index contributed by atoms with van der Waals surface area (Å²) in [4.78, 5) is 11.8. The number of hydrogen-bond donors (Lipinski definition) is 0. The zero-order chi connectivity index (χ0) is 16.1. The number of ether oxygens (including phenoxy) is 1. The molecule has 4 rings (SSSR count). The quantitative estimate of drug-likeness (QED) is 0.387. The summed E-state index contributed by atoms with van der Waals surface area (Å²) >= 11 is 0.984. The molecule has 1 aromatic heterocycles. The molecule has 2 aromatic carbocycles. The Labute approximate surface area is 131 Å². The van der Waals surface area contributed by atoms with E-state index in [-0.39, 0.29) is 17.7 Å². The van der Waals surface area contributed by atoms with E-state index in [4.69, 9.17) is 4.74 Å². The third-order valence-corrected chi connectivity index (χ3v) is 4.32. The summed E-state index contributed by atoms with van der Waals surface area (Å²) in [5.74, 6) is -5.08. The molecule has 4 nitrogen and oxygen atoms in total. The molecule has 3 aromatic rings. The summed E-state index contributed by atoms with van der Waals surface area (Å²) in [6.07, 6.45) is -0.117. The molecule has 23 heavy (non-hydrogen) atoms. The van der Waals surface area contributed by atoms with Crippen molar-refractivity contribution in [2.24, 2.45) is 0 Å². The molecule has 0 saturated heterocycles. The number of rotatable bonds is 1. The second-order valence-electron chi connectivity index (χ2n) is 5.14. The van der Waals surface area contributed by atoms with Crippen LogP contribution in [0.2, 0.25) is 0 Å². The van der Waals surface area contributed by atoms with Crippen LogP contribution in [0.5, 0.6) is 5.75 Å². The molecule has 0 spiro atoms. The van der Waals surface area contributed by atoms with Crippen LogP contribution in [0.3, 0.4) is 0 Å². The fraction of sp³-hybridized carbons (Fsp3) is 0.133. The molecule has 0 radical (unpaired) electrons. The van der Waals surface area contributed by atoms with Crippen LogP contribution in [0, 0.1) is 17.5 Å². The predicted molar refractivity (Wildman–Crippen MR) is 75.8 cm³/mol. The third-order valence-electron chi connectivity index (χ3n) is 3.78. The normalized spacial score (nSPS) is 17.2. The van der Waals surface area contributed by atoms with E-state index in [1.54, 1.807) is 12.1 Å². The van der Waals surface area contributed by atoms with Crippen LogP contribution in [-0.4, -0.2) is 14.7 Å². The first kappa shape index (κ1) is 14.1. The van der Waals surface area contributed by atoms with Crippen LogP contribution in [0.4, 0.5) is 13.2 Å². The van der Waals surface area contributed by atoms with Crippen LogP contribution >= 0.6 is 11.7 Å². The number of carbonyl (C=O) groups is 1. The molecule has 0 N–H and O–H groups in total. The van der Waals surface area contributed by atoms with Crippen molar-refractivity contribution in [2.45, 2.75) is 12.3 Å². The summed E-state index contributed by atoms with van der Waals surface area (Å²) in [5, 5.41) is 0. The number of halogens is 3. The van der Waals surface area contributed by atoms with Gasteiger partial charge in [-0.1, -0.05) is 0 Å². The minimum absolute atomic E-state index is 0.117. The van der Waals surface area contributed by atoms with Crippen molar-refractivity contribution < 1.29 is 22.7 Å².